The number of nitrogens with one attached hydrogen (secondary N) is 1. The summed E-state index contributed by atoms with van der Waals surface area (Å²) in [5.74, 6) is 1.54. The van der Waals surface area contributed by atoms with E-state index >= 15 is 0 Å². The second kappa shape index (κ2) is 7.58. The molecule has 0 saturated carbocycles. The summed E-state index contributed by atoms with van der Waals surface area (Å²) in [5, 5.41) is 3.45. The fraction of sp³-hybridized carbons (Fsp3) is 0.400. The maximum Gasteiger partial charge on any atom is 0.196 e. The minimum Gasteiger partial charge on any atom is -0.440 e. The van der Waals surface area contributed by atoms with Gasteiger partial charge in [0.1, 0.15) is 5.76 Å². The highest BCUT2D eigenvalue weighted by Gasteiger charge is 2.28. The van der Waals surface area contributed by atoms with Gasteiger partial charge in [0.15, 0.2) is 11.3 Å². The number of para-hydroxylation sites is 1. The molecule has 2 aliphatic heterocycles. The smallest absolute Gasteiger partial charge is 0.196 e. The monoisotopic (exact) mass is 390 g/mol. The average Bonchev–Trinajstić information content (AvgIpc) is 2.69. The van der Waals surface area contributed by atoms with Gasteiger partial charge in [-0.2, -0.15) is 0 Å². The number of hydrogen-bond acceptors (Lipinski definition) is 4. The van der Waals surface area contributed by atoms with Crippen LogP contribution in [0.3, 0.4) is 0 Å². The van der Waals surface area contributed by atoms with E-state index in [1.165, 1.54) is 0 Å². The summed E-state index contributed by atoms with van der Waals surface area (Å²) in [4.78, 5) is 15.4. The van der Waals surface area contributed by atoms with Crippen molar-refractivity contribution in [3.63, 3.8) is 0 Å². The second-order valence-electron chi connectivity index (χ2n) is 9.01. The zero-order valence-corrected chi connectivity index (χ0v) is 17.8. The number of aryl methyl sites for hydroxylation is 1. The van der Waals surface area contributed by atoms with Gasteiger partial charge in [-0.15, -0.1) is 0 Å². The van der Waals surface area contributed by atoms with Gasteiger partial charge in [-0.05, 0) is 68.0 Å². The molecule has 0 amide bonds. The lowest BCUT2D eigenvalue weighted by Gasteiger charge is -2.37. The van der Waals surface area contributed by atoms with Crippen molar-refractivity contribution in [1.82, 2.24) is 0 Å². The number of anilines is 2. The average molecular weight is 391 g/mol. The largest absolute Gasteiger partial charge is 0.440 e. The molecular weight excluding hydrogens is 360 g/mol. The number of fused-ring (bicyclic) bond motifs is 1. The highest BCUT2D eigenvalue weighted by atomic mass is 16.4. The molecule has 4 heteroatoms. The molecule has 0 unspecified atom stereocenters. The Balaban J connectivity index is 1.73. The van der Waals surface area contributed by atoms with Gasteiger partial charge in [-0.25, -0.2) is 0 Å². The third-order valence-electron chi connectivity index (χ3n) is 6.11. The highest BCUT2D eigenvalue weighted by molar-refractivity contribution is 5.67. The van der Waals surface area contributed by atoms with Crippen LogP contribution in [0.2, 0.25) is 0 Å². The third-order valence-corrected chi connectivity index (χ3v) is 6.11. The summed E-state index contributed by atoms with van der Waals surface area (Å²) < 4.78 is 6.38. The van der Waals surface area contributed by atoms with Crippen LogP contribution >= 0.6 is 0 Å². The zero-order chi connectivity index (χ0) is 20.6. The van der Waals surface area contributed by atoms with Crippen LogP contribution in [0.5, 0.6) is 0 Å². The number of benzene rings is 2. The van der Waals surface area contributed by atoms with Crippen molar-refractivity contribution in [1.29, 1.82) is 0 Å². The van der Waals surface area contributed by atoms with Crippen LogP contribution in [0, 0.1) is 12.3 Å². The van der Waals surface area contributed by atoms with Gasteiger partial charge in [-0.3, -0.25) is 4.79 Å². The standard InChI is InChI=1S/C25H30N2O2/c1-17-16-19-10-11-21(27-14-12-25(3,4)13-15-27)29-24(19)22(23(17)28)18(2)26-20-8-6-5-7-9-20/h5-11,16,18,26H,12-15H2,1-4H3/t18-/m1/s1. The molecule has 1 fully saturated rings. The Morgan fingerprint density at radius 2 is 1.76 bits per heavy atom. The Labute approximate surface area is 172 Å². The lowest BCUT2D eigenvalue weighted by Crippen LogP contribution is -2.37. The van der Waals surface area contributed by atoms with E-state index in [4.69, 9.17) is 4.42 Å². The molecule has 4 rings (SSSR count). The molecule has 2 heterocycles. The molecule has 1 aromatic rings. The molecule has 152 valence electrons. The highest BCUT2D eigenvalue weighted by Crippen LogP contribution is 2.36. The summed E-state index contributed by atoms with van der Waals surface area (Å²) in [7, 11) is 0. The van der Waals surface area contributed by atoms with Crippen LogP contribution in [0.4, 0.5) is 11.6 Å². The Morgan fingerprint density at radius 1 is 1.07 bits per heavy atom. The number of nitrogens with zero attached hydrogens (tertiary/aromatic N) is 1. The first-order valence-corrected chi connectivity index (χ1v) is 10.5. The molecule has 4 nitrogen and oxygen atoms in total. The van der Waals surface area contributed by atoms with Crippen LogP contribution in [0.1, 0.15) is 50.8 Å². The maximum atomic E-state index is 13.1. The van der Waals surface area contributed by atoms with Gasteiger partial charge in [0.05, 0.1) is 11.6 Å². The molecular formula is C25H30N2O2. The summed E-state index contributed by atoms with van der Waals surface area (Å²) in [5.41, 5.74) is 3.84. The summed E-state index contributed by atoms with van der Waals surface area (Å²) in [6.07, 6.45) is 2.28. The minimum absolute atomic E-state index is 0.0501. The minimum atomic E-state index is -0.161. The molecule has 0 bridgehead atoms. The lowest BCUT2D eigenvalue weighted by molar-refractivity contribution is 0.274. The van der Waals surface area contributed by atoms with Gasteiger partial charge in [0, 0.05) is 24.3 Å². The van der Waals surface area contributed by atoms with E-state index < -0.39 is 0 Å². The Hall–Kier alpha value is -2.75. The first kappa shape index (κ1) is 19.6. The first-order chi connectivity index (χ1) is 13.8. The Kier molecular flexibility index (Phi) is 5.12. The molecule has 1 saturated heterocycles. The molecule has 0 radical (unpaired) electrons. The van der Waals surface area contributed by atoms with E-state index in [9.17, 15) is 4.79 Å². The van der Waals surface area contributed by atoms with E-state index in [-0.39, 0.29) is 11.5 Å². The van der Waals surface area contributed by atoms with Gasteiger partial charge in [-0.1, -0.05) is 32.0 Å². The molecule has 1 aromatic carbocycles. The van der Waals surface area contributed by atoms with Crippen molar-refractivity contribution in [2.24, 2.45) is 5.41 Å². The quantitative estimate of drug-likeness (QED) is 0.607. The summed E-state index contributed by atoms with van der Waals surface area (Å²) >= 11 is 0. The maximum absolute atomic E-state index is 13.1. The van der Waals surface area contributed by atoms with Crippen LogP contribution < -0.4 is 15.6 Å². The van der Waals surface area contributed by atoms with Crippen molar-refractivity contribution in [3.05, 3.63) is 69.9 Å². The van der Waals surface area contributed by atoms with E-state index in [2.05, 4.69) is 30.1 Å². The van der Waals surface area contributed by atoms with Crippen molar-refractivity contribution >= 4 is 11.6 Å². The topological polar surface area (TPSA) is 45.5 Å². The predicted molar refractivity (Wildman–Crippen MR) is 120 cm³/mol. The third kappa shape index (κ3) is 4.02. The van der Waals surface area contributed by atoms with Crippen molar-refractivity contribution in [2.45, 2.75) is 46.6 Å². The molecule has 0 aromatic heterocycles. The first-order valence-electron chi connectivity index (χ1n) is 10.5. The van der Waals surface area contributed by atoms with Gasteiger partial charge in [0.25, 0.3) is 0 Å². The zero-order valence-electron chi connectivity index (χ0n) is 17.8. The number of piperidine rings is 1. The van der Waals surface area contributed by atoms with Crippen LogP contribution in [-0.2, 0) is 0 Å². The fourth-order valence-corrected chi connectivity index (χ4v) is 4.12. The molecule has 1 aliphatic carbocycles. The second-order valence-corrected chi connectivity index (χ2v) is 9.01. The van der Waals surface area contributed by atoms with Gasteiger partial charge in [0.2, 0.25) is 0 Å². The molecule has 3 aliphatic rings. The van der Waals surface area contributed by atoms with E-state index in [0.717, 1.165) is 48.6 Å². The van der Waals surface area contributed by atoms with Crippen molar-refractivity contribution in [2.75, 3.05) is 23.3 Å². The van der Waals surface area contributed by atoms with E-state index in [1.54, 1.807) is 0 Å². The van der Waals surface area contributed by atoms with Gasteiger partial charge < -0.3 is 14.6 Å². The molecule has 1 N–H and O–H groups in total. The Morgan fingerprint density at radius 3 is 2.45 bits per heavy atom. The lowest BCUT2D eigenvalue weighted by atomic mass is 9.83. The van der Waals surface area contributed by atoms with Crippen LogP contribution in [-0.4, -0.2) is 13.1 Å². The number of rotatable bonds is 4. The summed E-state index contributed by atoms with van der Waals surface area (Å²) in [6.45, 7) is 10.5. The SMILES string of the molecule is Cc1cc2ccc(N3CCC(C)(C)CC3)oc-2c([C@@H](C)Nc2ccccc2)c1=O. The van der Waals surface area contributed by atoms with E-state index in [1.807, 2.05) is 56.3 Å². The Bertz CT molecular complexity index is 1010. The van der Waals surface area contributed by atoms with Crippen molar-refractivity contribution in [3.8, 4) is 11.3 Å². The van der Waals surface area contributed by atoms with Crippen LogP contribution in [0.15, 0.2) is 57.7 Å². The predicted octanol–water partition coefficient (Wildman–Crippen LogP) is 5.85. The fourth-order valence-electron chi connectivity index (χ4n) is 4.12. The van der Waals surface area contributed by atoms with Crippen LogP contribution in [0.25, 0.3) is 11.3 Å². The molecule has 29 heavy (non-hydrogen) atoms. The van der Waals surface area contributed by atoms with Crippen molar-refractivity contribution < 1.29 is 4.42 Å². The van der Waals surface area contributed by atoms with Gasteiger partial charge >= 0.3 is 0 Å². The molecule has 1 atom stereocenters. The number of hydrogen-bond donors (Lipinski definition) is 1. The molecule has 0 spiro atoms. The summed E-state index contributed by atoms with van der Waals surface area (Å²) in [6, 6.07) is 15.9. The normalized spacial score (nSPS) is 17.3. The van der Waals surface area contributed by atoms with E-state index in [0.29, 0.717) is 16.7 Å².